The number of carbonyl (C=O) groups is 2. The van der Waals surface area contributed by atoms with Gasteiger partial charge in [-0.1, -0.05) is 26.0 Å². The molecule has 46 heavy (non-hydrogen) atoms. The van der Waals surface area contributed by atoms with Crippen LogP contribution in [0.5, 0.6) is 28.7 Å². The summed E-state index contributed by atoms with van der Waals surface area (Å²) in [6.07, 6.45) is 0.995. The maximum Gasteiger partial charge on any atom is 0.265 e. The van der Waals surface area contributed by atoms with E-state index in [2.05, 4.69) is 5.32 Å². The molecule has 1 atom stereocenters. The van der Waals surface area contributed by atoms with Gasteiger partial charge in [-0.3, -0.25) is 13.9 Å². The number of sulfonamides is 1. The Morgan fingerprint density at radius 1 is 0.783 bits per heavy atom. The molecule has 3 rings (SSSR count). The number of nitrogens with zero attached hydrogens (tertiary/aromatic N) is 2. The summed E-state index contributed by atoms with van der Waals surface area (Å²) >= 11 is 0. The number of benzene rings is 3. The van der Waals surface area contributed by atoms with Crippen molar-refractivity contribution in [3.05, 3.63) is 66.2 Å². The van der Waals surface area contributed by atoms with Gasteiger partial charge in [0.15, 0.2) is 11.5 Å². The van der Waals surface area contributed by atoms with Crippen molar-refractivity contribution >= 4 is 27.5 Å². The second-order valence-corrected chi connectivity index (χ2v) is 12.0. The van der Waals surface area contributed by atoms with Crippen LogP contribution in [0.25, 0.3) is 0 Å². The molecule has 250 valence electrons. The zero-order valence-electron chi connectivity index (χ0n) is 27.4. The van der Waals surface area contributed by atoms with Crippen LogP contribution in [0.2, 0.25) is 0 Å². The van der Waals surface area contributed by atoms with Crippen LogP contribution in [-0.4, -0.2) is 79.8 Å². The van der Waals surface area contributed by atoms with Gasteiger partial charge in [-0.2, -0.15) is 0 Å². The highest BCUT2D eigenvalue weighted by atomic mass is 32.2. The molecular weight excluding hydrogens is 614 g/mol. The first-order valence-electron chi connectivity index (χ1n) is 14.7. The van der Waals surface area contributed by atoms with Gasteiger partial charge in [-0.25, -0.2) is 8.42 Å². The van der Waals surface area contributed by atoms with Gasteiger partial charge in [-0.05, 0) is 54.8 Å². The quantitative estimate of drug-likeness (QED) is 0.226. The molecule has 3 aromatic rings. The van der Waals surface area contributed by atoms with E-state index in [1.54, 1.807) is 37.3 Å². The lowest BCUT2D eigenvalue weighted by Gasteiger charge is -2.33. The van der Waals surface area contributed by atoms with Crippen LogP contribution in [0.3, 0.4) is 0 Å². The van der Waals surface area contributed by atoms with Gasteiger partial charge in [0.1, 0.15) is 29.8 Å². The topological polar surface area (TPSA) is 133 Å². The van der Waals surface area contributed by atoms with Crippen molar-refractivity contribution < 1.29 is 41.7 Å². The van der Waals surface area contributed by atoms with E-state index in [4.69, 9.17) is 23.7 Å². The van der Waals surface area contributed by atoms with E-state index in [1.165, 1.54) is 64.7 Å². The standard InChI is InChI=1S/C33H43N3O9S/c1-8-17-34-33(38)27(9-2)35(21-23-11-10-12-24(18-23)41-3)32(37)22-36(28-19-25(42-4)13-15-29(28)43-5)46(39,40)26-14-16-30(44-6)31(20-26)45-7/h10-16,18-20,27H,8-9,17,21-22H2,1-7H3,(H,34,38)/t27-/m0/s1. The molecule has 0 spiro atoms. The fraction of sp³-hybridized carbons (Fsp3) is 0.394. The van der Waals surface area contributed by atoms with Gasteiger partial charge in [-0.15, -0.1) is 0 Å². The molecule has 0 heterocycles. The largest absolute Gasteiger partial charge is 0.497 e. The summed E-state index contributed by atoms with van der Waals surface area (Å²) < 4.78 is 56.8. The minimum atomic E-state index is -4.45. The molecule has 0 unspecified atom stereocenters. The van der Waals surface area contributed by atoms with Crippen molar-refractivity contribution in [2.45, 2.75) is 44.2 Å². The lowest BCUT2D eigenvalue weighted by molar-refractivity contribution is -0.140. The van der Waals surface area contributed by atoms with Gasteiger partial charge in [0, 0.05) is 25.2 Å². The SMILES string of the molecule is CCCNC(=O)[C@H](CC)N(Cc1cccc(OC)c1)C(=O)CN(c1cc(OC)ccc1OC)S(=O)(=O)c1ccc(OC)c(OC)c1. The molecule has 2 amide bonds. The average molecular weight is 658 g/mol. The Morgan fingerprint density at radius 3 is 2.04 bits per heavy atom. The smallest absolute Gasteiger partial charge is 0.265 e. The molecule has 1 N–H and O–H groups in total. The summed E-state index contributed by atoms with van der Waals surface area (Å²) in [6.45, 7) is 3.51. The number of carbonyl (C=O) groups excluding carboxylic acids is 2. The Labute approximate surface area is 271 Å². The zero-order valence-corrected chi connectivity index (χ0v) is 28.2. The van der Waals surface area contributed by atoms with E-state index >= 15 is 0 Å². The van der Waals surface area contributed by atoms with Crippen LogP contribution in [0.15, 0.2) is 65.6 Å². The van der Waals surface area contributed by atoms with Gasteiger partial charge >= 0.3 is 0 Å². The predicted octanol–water partition coefficient (Wildman–Crippen LogP) is 4.26. The molecule has 0 saturated carbocycles. The molecule has 0 aliphatic rings. The fourth-order valence-corrected chi connectivity index (χ4v) is 6.29. The maximum atomic E-state index is 14.4. The first-order valence-corrected chi connectivity index (χ1v) is 16.2. The number of hydrogen-bond acceptors (Lipinski definition) is 9. The van der Waals surface area contributed by atoms with E-state index in [0.717, 1.165) is 4.31 Å². The number of anilines is 1. The van der Waals surface area contributed by atoms with Crippen LogP contribution >= 0.6 is 0 Å². The monoisotopic (exact) mass is 657 g/mol. The fourth-order valence-electron chi connectivity index (χ4n) is 4.86. The van der Waals surface area contributed by atoms with Gasteiger partial charge in [0.2, 0.25) is 11.8 Å². The van der Waals surface area contributed by atoms with Gasteiger partial charge in [0.25, 0.3) is 10.0 Å². The lowest BCUT2D eigenvalue weighted by Crippen LogP contribution is -2.52. The number of nitrogens with one attached hydrogen (secondary N) is 1. The first-order chi connectivity index (χ1) is 22.1. The van der Waals surface area contributed by atoms with Gasteiger partial charge < -0.3 is 33.9 Å². The van der Waals surface area contributed by atoms with Crippen LogP contribution in [0, 0.1) is 0 Å². The molecule has 0 fully saturated rings. The number of amides is 2. The molecule has 0 aromatic heterocycles. The number of ether oxygens (including phenoxy) is 5. The molecule has 12 nitrogen and oxygen atoms in total. The van der Waals surface area contributed by atoms with E-state index in [-0.39, 0.29) is 41.0 Å². The summed E-state index contributed by atoms with van der Waals surface area (Å²) in [5, 5.41) is 2.87. The van der Waals surface area contributed by atoms with E-state index in [9.17, 15) is 18.0 Å². The minimum absolute atomic E-state index is 0.0214. The second kappa shape index (κ2) is 16.6. The molecule has 3 aromatic carbocycles. The molecule has 0 saturated heterocycles. The lowest BCUT2D eigenvalue weighted by atomic mass is 10.1. The molecule has 0 radical (unpaired) electrons. The maximum absolute atomic E-state index is 14.4. The summed E-state index contributed by atoms with van der Waals surface area (Å²) in [4.78, 5) is 29.0. The molecule has 0 aliphatic heterocycles. The molecule has 0 bridgehead atoms. The summed E-state index contributed by atoms with van der Waals surface area (Å²) in [7, 11) is 2.76. The van der Waals surface area contributed by atoms with Gasteiger partial charge in [0.05, 0.1) is 46.1 Å². The zero-order chi connectivity index (χ0) is 33.9. The molecule has 0 aliphatic carbocycles. The van der Waals surface area contributed by atoms with Crippen LogP contribution in [0.1, 0.15) is 32.3 Å². The average Bonchev–Trinajstić information content (AvgIpc) is 3.08. The highest BCUT2D eigenvalue weighted by Crippen LogP contribution is 2.38. The van der Waals surface area contributed by atoms with E-state index in [1.807, 2.05) is 13.0 Å². The molecular formula is C33H43N3O9S. The highest BCUT2D eigenvalue weighted by molar-refractivity contribution is 7.92. The third-order valence-corrected chi connectivity index (χ3v) is 9.05. The Kier molecular flexibility index (Phi) is 12.9. The van der Waals surface area contributed by atoms with Crippen LogP contribution in [0.4, 0.5) is 5.69 Å². The minimum Gasteiger partial charge on any atom is -0.497 e. The van der Waals surface area contributed by atoms with Crippen molar-refractivity contribution in [1.82, 2.24) is 10.2 Å². The van der Waals surface area contributed by atoms with Crippen LogP contribution in [-0.2, 0) is 26.2 Å². The summed E-state index contributed by atoms with van der Waals surface area (Å²) in [5.74, 6) is 0.664. The third-order valence-electron chi connectivity index (χ3n) is 7.30. The third kappa shape index (κ3) is 8.33. The van der Waals surface area contributed by atoms with Crippen molar-refractivity contribution in [3.8, 4) is 28.7 Å². The van der Waals surface area contributed by atoms with Crippen molar-refractivity contribution in [3.63, 3.8) is 0 Å². The number of hydrogen-bond donors (Lipinski definition) is 1. The van der Waals surface area contributed by atoms with E-state index < -0.39 is 28.5 Å². The van der Waals surface area contributed by atoms with Crippen LogP contribution < -0.4 is 33.3 Å². The number of rotatable bonds is 17. The Hall–Kier alpha value is -4.65. The first kappa shape index (κ1) is 35.8. The van der Waals surface area contributed by atoms with Crippen molar-refractivity contribution in [2.75, 3.05) is 52.9 Å². The summed E-state index contributed by atoms with van der Waals surface area (Å²) in [5.41, 5.74) is 0.762. The highest BCUT2D eigenvalue weighted by Gasteiger charge is 2.35. The van der Waals surface area contributed by atoms with Crippen molar-refractivity contribution in [2.24, 2.45) is 0 Å². The number of methoxy groups -OCH3 is 5. The normalized spacial score (nSPS) is 11.6. The molecule has 13 heteroatoms. The van der Waals surface area contributed by atoms with Crippen molar-refractivity contribution in [1.29, 1.82) is 0 Å². The second-order valence-electron chi connectivity index (χ2n) is 10.2. The summed E-state index contributed by atoms with van der Waals surface area (Å²) in [6, 6.07) is 15.0. The Balaban J connectivity index is 2.20. The van der Waals surface area contributed by atoms with E-state index in [0.29, 0.717) is 35.8 Å². The predicted molar refractivity (Wildman–Crippen MR) is 175 cm³/mol. The Bertz CT molecular complexity index is 1600. The Morgan fingerprint density at radius 2 is 1.43 bits per heavy atom.